The molecule has 0 aromatic carbocycles. The third-order valence-corrected chi connectivity index (χ3v) is 4.05. The molecule has 2 aliphatic rings. The topological polar surface area (TPSA) is 48.0 Å². The van der Waals surface area contributed by atoms with E-state index in [1.807, 2.05) is 0 Å². The number of esters is 1. The van der Waals surface area contributed by atoms with Crippen molar-refractivity contribution >= 4 is 5.97 Å². The van der Waals surface area contributed by atoms with E-state index < -0.39 is 0 Å². The lowest BCUT2D eigenvalue weighted by Gasteiger charge is -2.39. The number of carbonyl (C=O) groups excluding carboxylic acids is 1. The van der Waals surface area contributed by atoms with E-state index in [1.165, 1.54) is 7.11 Å². The summed E-state index contributed by atoms with van der Waals surface area (Å²) in [5.41, 5.74) is 0. The van der Waals surface area contributed by atoms with Gasteiger partial charge in [-0.1, -0.05) is 0 Å². The molecule has 2 rings (SSSR count). The van der Waals surface area contributed by atoms with Crippen molar-refractivity contribution in [1.82, 2.24) is 4.90 Å². The molecule has 18 heavy (non-hydrogen) atoms. The Balaban J connectivity index is 1.73. The van der Waals surface area contributed by atoms with Gasteiger partial charge >= 0.3 is 5.97 Å². The lowest BCUT2D eigenvalue weighted by molar-refractivity contribution is -0.183. The predicted octanol–water partition coefficient (Wildman–Crippen LogP) is 1.17. The Labute approximate surface area is 108 Å². The fourth-order valence-electron chi connectivity index (χ4n) is 2.82. The van der Waals surface area contributed by atoms with Crippen molar-refractivity contribution in [2.45, 2.75) is 43.9 Å². The van der Waals surface area contributed by atoms with Gasteiger partial charge in [-0.15, -0.1) is 0 Å². The van der Waals surface area contributed by atoms with Crippen LogP contribution in [0.25, 0.3) is 0 Å². The summed E-state index contributed by atoms with van der Waals surface area (Å²) < 4.78 is 16.1. The Bertz CT molecular complexity index is 279. The van der Waals surface area contributed by atoms with Crippen molar-refractivity contribution < 1.29 is 19.0 Å². The fraction of sp³-hybridized carbons (Fsp3) is 0.923. The van der Waals surface area contributed by atoms with E-state index in [4.69, 9.17) is 9.47 Å². The van der Waals surface area contributed by atoms with Crippen LogP contribution in [0.3, 0.4) is 0 Å². The number of ether oxygens (including phenoxy) is 3. The summed E-state index contributed by atoms with van der Waals surface area (Å²) in [6.07, 6.45) is 4.51. The average molecular weight is 257 g/mol. The second-order valence-electron chi connectivity index (χ2n) is 5.15. The highest BCUT2D eigenvalue weighted by atomic mass is 16.7. The smallest absolute Gasteiger partial charge is 0.306 e. The molecule has 1 saturated carbocycles. The lowest BCUT2D eigenvalue weighted by Crippen LogP contribution is -2.43. The molecule has 0 amide bonds. The number of rotatable bonds is 4. The summed E-state index contributed by atoms with van der Waals surface area (Å²) in [6, 6.07) is 0.521. The second-order valence-corrected chi connectivity index (χ2v) is 5.15. The standard InChI is InChI=1S/C13H23NO4/c1-14(8-5-12(15)16-2)11-3-6-13(7-4-11)17-9-10-18-13/h11H,3-10H2,1-2H3. The maximum Gasteiger partial charge on any atom is 0.306 e. The quantitative estimate of drug-likeness (QED) is 0.707. The average Bonchev–Trinajstić information content (AvgIpc) is 2.84. The van der Waals surface area contributed by atoms with E-state index >= 15 is 0 Å². The maximum absolute atomic E-state index is 11.1. The third kappa shape index (κ3) is 3.22. The summed E-state index contributed by atoms with van der Waals surface area (Å²) in [4.78, 5) is 13.4. The normalized spacial score (nSPS) is 23.7. The van der Waals surface area contributed by atoms with E-state index in [1.54, 1.807) is 0 Å². The van der Waals surface area contributed by atoms with Gasteiger partial charge in [0.1, 0.15) is 0 Å². The molecular formula is C13H23NO4. The molecule has 0 N–H and O–H groups in total. The molecule has 0 aromatic rings. The summed E-state index contributed by atoms with van der Waals surface area (Å²) >= 11 is 0. The first kappa shape index (κ1) is 13.8. The molecule has 2 fully saturated rings. The molecule has 0 unspecified atom stereocenters. The van der Waals surface area contributed by atoms with Crippen LogP contribution in [-0.2, 0) is 19.0 Å². The van der Waals surface area contributed by atoms with Crippen LogP contribution in [0.1, 0.15) is 32.1 Å². The first-order valence-electron chi connectivity index (χ1n) is 6.70. The molecule has 0 bridgehead atoms. The molecule has 1 saturated heterocycles. The number of nitrogens with zero attached hydrogens (tertiary/aromatic N) is 1. The molecule has 104 valence electrons. The van der Waals surface area contributed by atoms with Crippen LogP contribution in [0.2, 0.25) is 0 Å². The van der Waals surface area contributed by atoms with Gasteiger partial charge in [-0.2, -0.15) is 0 Å². The van der Waals surface area contributed by atoms with Gasteiger partial charge < -0.3 is 19.1 Å². The lowest BCUT2D eigenvalue weighted by atomic mass is 9.89. The van der Waals surface area contributed by atoms with E-state index in [0.717, 1.165) is 45.4 Å². The maximum atomic E-state index is 11.1. The van der Waals surface area contributed by atoms with Gasteiger partial charge in [0.25, 0.3) is 0 Å². The zero-order valence-electron chi connectivity index (χ0n) is 11.3. The minimum absolute atomic E-state index is 0.142. The highest BCUT2D eigenvalue weighted by Crippen LogP contribution is 2.36. The molecule has 1 heterocycles. The number of carbonyl (C=O) groups is 1. The second kappa shape index (κ2) is 5.99. The van der Waals surface area contributed by atoms with Crippen LogP contribution in [0.15, 0.2) is 0 Å². The molecule has 1 aliphatic carbocycles. The van der Waals surface area contributed by atoms with Crippen molar-refractivity contribution in [1.29, 1.82) is 0 Å². The minimum Gasteiger partial charge on any atom is -0.469 e. The largest absolute Gasteiger partial charge is 0.469 e. The predicted molar refractivity (Wildman–Crippen MR) is 66.2 cm³/mol. The molecule has 0 atom stereocenters. The summed E-state index contributed by atoms with van der Waals surface area (Å²) in [6.45, 7) is 2.21. The van der Waals surface area contributed by atoms with Crippen LogP contribution in [0, 0.1) is 0 Å². The van der Waals surface area contributed by atoms with Crippen molar-refractivity contribution in [2.75, 3.05) is 33.9 Å². The highest BCUT2D eigenvalue weighted by molar-refractivity contribution is 5.69. The van der Waals surface area contributed by atoms with Crippen LogP contribution < -0.4 is 0 Å². The summed E-state index contributed by atoms with van der Waals surface area (Å²) in [7, 11) is 3.50. The minimum atomic E-state index is -0.292. The number of hydrogen-bond acceptors (Lipinski definition) is 5. The first-order chi connectivity index (χ1) is 8.65. The van der Waals surface area contributed by atoms with Gasteiger partial charge in [-0.25, -0.2) is 0 Å². The molecule has 5 heteroatoms. The summed E-state index contributed by atoms with van der Waals surface area (Å²) in [5.74, 6) is -0.434. The van der Waals surface area contributed by atoms with Crippen molar-refractivity contribution in [3.8, 4) is 0 Å². The Hall–Kier alpha value is -0.650. The van der Waals surface area contributed by atoms with E-state index in [9.17, 15) is 4.79 Å². The van der Waals surface area contributed by atoms with Gasteiger partial charge in [-0.3, -0.25) is 4.79 Å². The third-order valence-electron chi connectivity index (χ3n) is 4.05. The van der Waals surface area contributed by atoms with Crippen LogP contribution in [-0.4, -0.2) is 56.6 Å². The van der Waals surface area contributed by atoms with E-state index in [0.29, 0.717) is 12.5 Å². The first-order valence-corrected chi connectivity index (χ1v) is 6.70. The van der Waals surface area contributed by atoms with Gasteiger partial charge in [0.05, 0.1) is 26.7 Å². The van der Waals surface area contributed by atoms with Gasteiger partial charge in [0.15, 0.2) is 5.79 Å². The SMILES string of the molecule is COC(=O)CCN(C)C1CCC2(CC1)OCCO2. The zero-order chi connectivity index (χ0) is 13.0. The Kier molecular flexibility index (Phi) is 4.59. The van der Waals surface area contributed by atoms with Gasteiger partial charge in [-0.05, 0) is 19.9 Å². The van der Waals surface area contributed by atoms with Gasteiger partial charge in [0, 0.05) is 25.4 Å². The molecule has 0 radical (unpaired) electrons. The Morgan fingerprint density at radius 3 is 2.50 bits per heavy atom. The molecule has 0 aromatic heterocycles. The van der Waals surface area contributed by atoms with Crippen LogP contribution in [0.5, 0.6) is 0 Å². The van der Waals surface area contributed by atoms with Crippen molar-refractivity contribution in [3.05, 3.63) is 0 Å². The highest BCUT2D eigenvalue weighted by Gasteiger charge is 2.40. The Morgan fingerprint density at radius 1 is 1.33 bits per heavy atom. The number of hydrogen-bond donors (Lipinski definition) is 0. The van der Waals surface area contributed by atoms with Crippen molar-refractivity contribution in [3.63, 3.8) is 0 Å². The van der Waals surface area contributed by atoms with Crippen LogP contribution in [0.4, 0.5) is 0 Å². The molecule has 5 nitrogen and oxygen atoms in total. The van der Waals surface area contributed by atoms with Crippen molar-refractivity contribution in [2.24, 2.45) is 0 Å². The molecular weight excluding hydrogens is 234 g/mol. The van der Waals surface area contributed by atoms with E-state index in [2.05, 4.69) is 16.7 Å². The van der Waals surface area contributed by atoms with E-state index in [-0.39, 0.29) is 11.8 Å². The number of methoxy groups -OCH3 is 1. The van der Waals surface area contributed by atoms with Crippen LogP contribution >= 0.6 is 0 Å². The summed E-state index contributed by atoms with van der Waals surface area (Å²) in [5, 5.41) is 0. The molecule has 1 aliphatic heterocycles. The monoisotopic (exact) mass is 257 g/mol. The molecule has 1 spiro atoms. The zero-order valence-corrected chi connectivity index (χ0v) is 11.3. The van der Waals surface area contributed by atoms with Gasteiger partial charge in [0.2, 0.25) is 0 Å². The Morgan fingerprint density at radius 2 is 1.94 bits per heavy atom. The fourth-order valence-corrected chi connectivity index (χ4v) is 2.82.